The zero-order valence-electron chi connectivity index (χ0n) is 9.11. The Morgan fingerprint density at radius 1 is 1.19 bits per heavy atom. The molecule has 0 bridgehead atoms. The zero-order valence-corrected chi connectivity index (χ0v) is 10.7. The Labute approximate surface area is 106 Å². The highest BCUT2D eigenvalue weighted by molar-refractivity contribution is 7.17. The molecule has 3 rings (SSSR count). The molecular weight excluding hydrogens is 238 g/mol. The van der Waals surface area contributed by atoms with Gasteiger partial charge in [0.1, 0.15) is 0 Å². The average Bonchev–Trinajstić information content (AvgIpc) is 2.74. The van der Waals surface area contributed by atoms with Gasteiger partial charge in [-0.25, -0.2) is 0 Å². The molecule has 0 spiro atoms. The summed E-state index contributed by atoms with van der Waals surface area (Å²) < 4.78 is 1.42. The van der Waals surface area contributed by atoms with E-state index in [0.717, 1.165) is 0 Å². The van der Waals surface area contributed by atoms with Crippen molar-refractivity contribution in [3.8, 4) is 0 Å². The second-order valence-electron chi connectivity index (χ2n) is 4.19. The fraction of sp³-hybridized carbons (Fsp3) is 0.385. The number of piperidine rings is 1. The molecule has 0 amide bonds. The van der Waals surface area contributed by atoms with Gasteiger partial charge < -0.3 is 5.32 Å². The number of halogens is 1. The van der Waals surface area contributed by atoms with E-state index in [0.29, 0.717) is 6.04 Å². The van der Waals surface area contributed by atoms with Crippen molar-refractivity contribution in [1.82, 2.24) is 5.32 Å². The van der Waals surface area contributed by atoms with Crippen LogP contribution in [-0.2, 0) is 0 Å². The third-order valence-corrected chi connectivity index (χ3v) is 4.18. The number of thiophene rings is 1. The number of nitrogens with one attached hydrogen (secondary N) is 1. The maximum atomic E-state index is 3.62. The van der Waals surface area contributed by atoms with Crippen LogP contribution in [0.4, 0.5) is 0 Å². The second-order valence-corrected chi connectivity index (χ2v) is 5.10. The third-order valence-electron chi connectivity index (χ3n) is 3.20. The third kappa shape index (κ3) is 2.10. The molecule has 2 aromatic rings. The van der Waals surface area contributed by atoms with Crippen LogP contribution in [0.2, 0.25) is 0 Å². The molecule has 0 unspecified atom stereocenters. The fourth-order valence-corrected chi connectivity index (χ4v) is 3.40. The van der Waals surface area contributed by atoms with E-state index in [4.69, 9.17) is 0 Å². The molecule has 1 aromatic heterocycles. The Balaban J connectivity index is 0.000000963. The summed E-state index contributed by atoms with van der Waals surface area (Å²) in [5, 5.41) is 7.39. The zero-order chi connectivity index (χ0) is 10.1. The van der Waals surface area contributed by atoms with E-state index in [1.54, 1.807) is 0 Å². The molecule has 0 aliphatic carbocycles. The predicted molar refractivity (Wildman–Crippen MR) is 73.7 cm³/mol. The lowest BCUT2D eigenvalue weighted by molar-refractivity contribution is 0.415. The Morgan fingerprint density at radius 2 is 2.06 bits per heavy atom. The van der Waals surface area contributed by atoms with Crippen molar-refractivity contribution in [2.75, 3.05) is 6.54 Å². The van der Waals surface area contributed by atoms with Crippen LogP contribution in [0, 0.1) is 0 Å². The first-order valence-corrected chi connectivity index (χ1v) is 6.52. The minimum absolute atomic E-state index is 0. The van der Waals surface area contributed by atoms with Crippen molar-refractivity contribution in [2.45, 2.75) is 25.3 Å². The minimum atomic E-state index is 0. The Bertz CT molecular complexity index is 460. The molecule has 1 fully saturated rings. The van der Waals surface area contributed by atoms with Gasteiger partial charge in [-0.2, -0.15) is 0 Å². The SMILES string of the molecule is Cl.c1ccc2c([C@@H]3CCCCN3)csc2c1. The highest BCUT2D eigenvalue weighted by Gasteiger charge is 2.17. The van der Waals surface area contributed by atoms with Gasteiger partial charge in [0.05, 0.1) is 0 Å². The Hall–Kier alpha value is -0.570. The smallest absolute Gasteiger partial charge is 0.0346 e. The van der Waals surface area contributed by atoms with Gasteiger partial charge in [0, 0.05) is 10.7 Å². The number of hydrogen-bond donors (Lipinski definition) is 1. The molecule has 1 aliphatic heterocycles. The number of fused-ring (bicyclic) bond motifs is 1. The molecule has 2 heterocycles. The summed E-state index contributed by atoms with van der Waals surface area (Å²) >= 11 is 1.87. The molecular formula is C13H16ClNS. The summed E-state index contributed by atoms with van der Waals surface area (Å²) in [6.45, 7) is 1.18. The van der Waals surface area contributed by atoms with Crippen LogP contribution in [0.25, 0.3) is 10.1 Å². The summed E-state index contributed by atoms with van der Waals surface area (Å²) in [7, 11) is 0. The van der Waals surface area contributed by atoms with Crippen LogP contribution < -0.4 is 5.32 Å². The molecule has 0 saturated carbocycles. The van der Waals surface area contributed by atoms with Gasteiger partial charge >= 0.3 is 0 Å². The van der Waals surface area contributed by atoms with E-state index < -0.39 is 0 Å². The minimum Gasteiger partial charge on any atom is -0.310 e. The van der Waals surface area contributed by atoms with E-state index >= 15 is 0 Å². The van der Waals surface area contributed by atoms with Gasteiger partial charge in [-0.3, -0.25) is 0 Å². The predicted octanol–water partition coefficient (Wildman–Crippen LogP) is 4.14. The highest BCUT2D eigenvalue weighted by Crippen LogP contribution is 2.33. The molecule has 1 saturated heterocycles. The lowest BCUT2D eigenvalue weighted by Gasteiger charge is -2.23. The first-order chi connectivity index (χ1) is 7.45. The quantitative estimate of drug-likeness (QED) is 0.806. The first kappa shape index (κ1) is 11.9. The average molecular weight is 254 g/mol. The molecule has 16 heavy (non-hydrogen) atoms. The molecule has 1 aromatic carbocycles. The second kappa shape index (κ2) is 5.17. The summed E-state index contributed by atoms with van der Waals surface area (Å²) in [5.41, 5.74) is 1.51. The Morgan fingerprint density at radius 3 is 2.88 bits per heavy atom. The van der Waals surface area contributed by atoms with Crippen LogP contribution in [0.5, 0.6) is 0 Å². The highest BCUT2D eigenvalue weighted by atomic mass is 35.5. The largest absolute Gasteiger partial charge is 0.310 e. The van der Waals surface area contributed by atoms with Crippen molar-refractivity contribution >= 4 is 33.8 Å². The standard InChI is InChI=1S/C13H15NS.ClH/c1-2-7-13-10(5-1)11(9-15-13)12-6-3-4-8-14-12;/h1-2,5,7,9,12,14H,3-4,6,8H2;1H/t12-;/m0./s1. The summed E-state index contributed by atoms with van der Waals surface area (Å²) in [5.74, 6) is 0. The van der Waals surface area contributed by atoms with Crippen LogP contribution in [0.3, 0.4) is 0 Å². The van der Waals surface area contributed by atoms with Crippen LogP contribution in [0.15, 0.2) is 29.6 Å². The van der Waals surface area contributed by atoms with Gasteiger partial charge in [0.2, 0.25) is 0 Å². The molecule has 3 heteroatoms. The van der Waals surface area contributed by atoms with E-state index in [9.17, 15) is 0 Å². The molecule has 86 valence electrons. The molecule has 1 nitrogen and oxygen atoms in total. The number of rotatable bonds is 1. The van der Waals surface area contributed by atoms with E-state index in [1.807, 2.05) is 11.3 Å². The van der Waals surface area contributed by atoms with Gasteiger partial charge in [-0.1, -0.05) is 24.6 Å². The Kier molecular flexibility index (Phi) is 3.85. The van der Waals surface area contributed by atoms with Crippen LogP contribution >= 0.6 is 23.7 Å². The summed E-state index contributed by atoms with van der Waals surface area (Å²) in [6.07, 6.45) is 3.99. The lowest BCUT2D eigenvalue weighted by Crippen LogP contribution is -2.26. The maximum Gasteiger partial charge on any atom is 0.0346 e. The maximum absolute atomic E-state index is 3.62. The fourth-order valence-electron chi connectivity index (χ4n) is 2.39. The first-order valence-electron chi connectivity index (χ1n) is 5.65. The van der Waals surface area contributed by atoms with Gasteiger partial charge in [0.25, 0.3) is 0 Å². The summed E-state index contributed by atoms with van der Waals surface area (Å²) in [4.78, 5) is 0. The number of benzene rings is 1. The van der Waals surface area contributed by atoms with Crippen molar-refractivity contribution in [1.29, 1.82) is 0 Å². The van der Waals surface area contributed by atoms with Crippen molar-refractivity contribution in [3.63, 3.8) is 0 Å². The monoisotopic (exact) mass is 253 g/mol. The van der Waals surface area contributed by atoms with Gasteiger partial charge in [0.15, 0.2) is 0 Å². The van der Waals surface area contributed by atoms with Crippen molar-refractivity contribution in [3.05, 3.63) is 35.2 Å². The molecule has 1 atom stereocenters. The summed E-state index contributed by atoms with van der Waals surface area (Å²) in [6, 6.07) is 9.32. The normalized spacial score (nSPS) is 20.6. The van der Waals surface area contributed by atoms with E-state index in [2.05, 4.69) is 35.0 Å². The van der Waals surface area contributed by atoms with Crippen molar-refractivity contribution in [2.24, 2.45) is 0 Å². The molecule has 1 aliphatic rings. The molecule has 1 N–H and O–H groups in total. The van der Waals surface area contributed by atoms with Gasteiger partial charge in [-0.05, 0) is 41.8 Å². The topological polar surface area (TPSA) is 12.0 Å². The van der Waals surface area contributed by atoms with E-state index in [-0.39, 0.29) is 12.4 Å². The van der Waals surface area contributed by atoms with Crippen molar-refractivity contribution < 1.29 is 0 Å². The van der Waals surface area contributed by atoms with E-state index in [1.165, 1.54) is 41.5 Å². The van der Waals surface area contributed by atoms with Gasteiger partial charge in [-0.15, -0.1) is 23.7 Å². The van der Waals surface area contributed by atoms with Crippen LogP contribution in [-0.4, -0.2) is 6.54 Å². The lowest BCUT2D eigenvalue weighted by atomic mass is 9.97. The molecule has 0 radical (unpaired) electrons. The van der Waals surface area contributed by atoms with Crippen LogP contribution in [0.1, 0.15) is 30.9 Å². The number of hydrogen-bond acceptors (Lipinski definition) is 2.